The van der Waals surface area contributed by atoms with Crippen LogP contribution < -0.4 is 0 Å². The number of imide groups is 1. The van der Waals surface area contributed by atoms with Gasteiger partial charge in [-0.1, -0.05) is 0 Å². The van der Waals surface area contributed by atoms with Crippen molar-refractivity contribution in [3.63, 3.8) is 0 Å². The maximum Gasteiger partial charge on any atom is 0.417 e. The van der Waals surface area contributed by atoms with Crippen molar-refractivity contribution in [3.8, 4) is 0 Å². The number of carbonyl (C=O) groups is 3. The van der Waals surface area contributed by atoms with E-state index < -0.39 is 16.1 Å². The topological polar surface area (TPSA) is 104 Å². The maximum atomic E-state index is 12.4. The Balaban J connectivity index is 1.44. The van der Waals surface area contributed by atoms with Crippen LogP contribution in [0.2, 0.25) is 0 Å². The molecule has 3 saturated heterocycles. The molecular weight excluding hydrogens is 338 g/mol. The predicted octanol–water partition coefficient (Wildman–Crippen LogP) is -0.905. The molecule has 0 aliphatic carbocycles. The number of carbonyl (C=O) groups excluding carboxylic acids is 3. The van der Waals surface area contributed by atoms with Crippen molar-refractivity contribution in [2.45, 2.75) is 12.8 Å². The summed E-state index contributed by atoms with van der Waals surface area (Å²) < 4.78 is 29.0. The first kappa shape index (κ1) is 17.2. The number of likely N-dealkylation sites (tertiary alicyclic amines) is 1. The zero-order valence-corrected chi connectivity index (χ0v) is 14.3. The van der Waals surface area contributed by atoms with Crippen LogP contribution in [-0.2, 0) is 24.3 Å². The van der Waals surface area contributed by atoms with E-state index in [1.807, 2.05) is 0 Å². The van der Waals surface area contributed by atoms with Gasteiger partial charge in [0.1, 0.15) is 0 Å². The van der Waals surface area contributed by atoms with E-state index in [4.69, 9.17) is 0 Å². The number of amides is 3. The molecule has 134 valence electrons. The largest absolute Gasteiger partial charge is 0.439 e. The van der Waals surface area contributed by atoms with Gasteiger partial charge in [-0.15, -0.1) is 0 Å². The molecule has 0 aromatic carbocycles. The van der Waals surface area contributed by atoms with Crippen LogP contribution in [0.4, 0.5) is 4.79 Å². The van der Waals surface area contributed by atoms with E-state index in [0.29, 0.717) is 39.0 Å². The molecule has 10 heteroatoms. The van der Waals surface area contributed by atoms with Gasteiger partial charge in [0.25, 0.3) is 5.91 Å². The van der Waals surface area contributed by atoms with Gasteiger partial charge in [-0.2, -0.15) is 0 Å². The summed E-state index contributed by atoms with van der Waals surface area (Å²) >= 11 is 0. The van der Waals surface area contributed by atoms with Crippen LogP contribution in [-0.4, -0.2) is 86.0 Å². The van der Waals surface area contributed by atoms with Crippen LogP contribution in [0.25, 0.3) is 0 Å². The van der Waals surface area contributed by atoms with Gasteiger partial charge in [-0.3, -0.25) is 9.59 Å². The molecule has 3 heterocycles. The summed E-state index contributed by atoms with van der Waals surface area (Å²) in [7, 11) is -3.19. The van der Waals surface area contributed by atoms with Crippen molar-refractivity contribution < 1.29 is 27.5 Å². The van der Waals surface area contributed by atoms with Crippen LogP contribution >= 0.6 is 0 Å². The van der Waals surface area contributed by atoms with Crippen molar-refractivity contribution in [2.24, 2.45) is 11.8 Å². The summed E-state index contributed by atoms with van der Waals surface area (Å²) in [4.78, 5) is 38.1. The fourth-order valence-corrected chi connectivity index (χ4v) is 4.25. The van der Waals surface area contributed by atoms with Gasteiger partial charge in [-0.05, 0) is 12.8 Å². The van der Waals surface area contributed by atoms with Crippen LogP contribution in [0, 0.1) is 11.8 Å². The fraction of sp³-hybridized carbons (Fsp3) is 0.786. The average molecular weight is 359 g/mol. The van der Waals surface area contributed by atoms with E-state index in [2.05, 4.69) is 4.74 Å². The number of rotatable bonds is 4. The molecule has 0 aromatic heterocycles. The summed E-state index contributed by atoms with van der Waals surface area (Å²) in [5, 5.41) is 0. The summed E-state index contributed by atoms with van der Waals surface area (Å²) in [6.07, 6.45) is 1.63. The Hall–Kier alpha value is -1.68. The van der Waals surface area contributed by atoms with Crippen molar-refractivity contribution in [1.82, 2.24) is 14.1 Å². The van der Waals surface area contributed by atoms with E-state index in [9.17, 15) is 22.8 Å². The van der Waals surface area contributed by atoms with Crippen molar-refractivity contribution in [1.29, 1.82) is 0 Å². The lowest BCUT2D eigenvalue weighted by atomic mass is 9.92. The van der Waals surface area contributed by atoms with E-state index >= 15 is 0 Å². The molecule has 0 radical (unpaired) electrons. The molecule has 9 nitrogen and oxygen atoms in total. The Morgan fingerprint density at radius 1 is 1.21 bits per heavy atom. The Kier molecular flexibility index (Phi) is 4.52. The number of sulfonamides is 1. The number of piperidine rings is 1. The Labute approximate surface area is 140 Å². The first-order chi connectivity index (χ1) is 11.3. The molecule has 3 aliphatic heterocycles. The minimum Gasteiger partial charge on any atom is -0.439 e. The van der Waals surface area contributed by atoms with Crippen molar-refractivity contribution >= 4 is 27.9 Å². The highest BCUT2D eigenvalue weighted by atomic mass is 32.2. The number of cyclic esters (lactones) is 1. The Bertz CT molecular complexity index is 633. The summed E-state index contributed by atoms with van der Waals surface area (Å²) in [6, 6.07) is 0. The lowest BCUT2D eigenvalue weighted by molar-refractivity contribution is -0.143. The third-order valence-corrected chi connectivity index (χ3v) is 6.13. The maximum absolute atomic E-state index is 12.4. The predicted molar refractivity (Wildman–Crippen MR) is 82.3 cm³/mol. The Morgan fingerprint density at radius 3 is 2.33 bits per heavy atom. The van der Waals surface area contributed by atoms with Crippen molar-refractivity contribution in [3.05, 3.63) is 0 Å². The highest BCUT2D eigenvalue weighted by molar-refractivity contribution is 7.88. The van der Waals surface area contributed by atoms with E-state index in [0.717, 1.165) is 4.90 Å². The quantitative estimate of drug-likeness (QED) is 0.644. The van der Waals surface area contributed by atoms with Crippen molar-refractivity contribution in [2.75, 3.05) is 45.6 Å². The van der Waals surface area contributed by atoms with Gasteiger partial charge in [0, 0.05) is 44.6 Å². The van der Waals surface area contributed by atoms with Crippen LogP contribution in [0.3, 0.4) is 0 Å². The van der Waals surface area contributed by atoms with Gasteiger partial charge in [0.2, 0.25) is 15.9 Å². The van der Waals surface area contributed by atoms with E-state index in [1.54, 1.807) is 4.90 Å². The minimum absolute atomic E-state index is 0.0368. The zero-order chi connectivity index (χ0) is 17.5. The van der Waals surface area contributed by atoms with Gasteiger partial charge < -0.3 is 9.64 Å². The highest BCUT2D eigenvalue weighted by Crippen LogP contribution is 2.26. The molecule has 0 aromatic rings. The molecule has 0 bridgehead atoms. The lowest BCUT2D eigenvalue weighted by Gasteiger charge is -2.43. The molecule has 3 fully saturated rings. The summed E-state index contributed by atoms with van der Waals surface area (Å²) in [6.45, 7) is 1.87. The SMILES string of the molecule is CS(=O)(=O)N1CCC(C(=O)N2CC(CN3C(=O)COC3=O)C2)CC1. The number of hydrogen-bond acceptors (Lipinski definition) is 6. The lowest BCUT2D eigenvalue weighted by Crippen LogP contribution is -2.56. The number of nitrogens with zero attached hydrogens (tertiary/aromatic N) is 3. The fourth-order valence-electron chi connectivity index (χ4n) is 3.37. The molecule has 3 rings (SSSR count). The normalized spacial score (nSPS) is 24.2. The molecule has 0 atom stereocenters. The third-order valence-electron chi connectivity index (χ3n) is 4.82. The van der Waals surface area contributed by atoms with Crippen LogP contribution in [0.1, 0.15) is 12.8 Å². The molecule has 3 aliphatic rings. The second-order valence-electron chi connectivity index (χ2n) is 6.60. The monoisotopic (exact) mass is 359 g/mol. The molecule has 0 N–H and O–H groups in total. The standard InChI is InChI=1S/C14H21N3O6S/c1-24(21,22)16-4-2-11(3-5-16)13(19)15-6-10(7-15)8-17-12(18)9-23-14(17)20/h10-11H,2-9H2,1H3. The third kappa shape index (κ3) is 3.39. The smallest absolute Gasteiger partial charge is 0.417 e. The zero-order valence-electron chi connectivity index (χ0n) is 13.5. The van der Waals surface area contributed by atoms with E-state index in [1.165, 1.54) is 10.6 Å². The Morgan fingerprint density at radius 2 is 1.83 bits per heavy atom. The summed E-state index contributed by atoms with van der Waals surface area (Å²) in [5.41, 5.74) is 0. The van der Waals surface area contributed by atoms with E-state index in [-0.39, 0.29) is 36.8 Å². The molecule has 3 amide bonds. The second-order valence-corrected chi connectivity index (χ2v) is 8.59. The first-order valence-corrected chi connectivity index (χ1v) is 9.81. The second kappa shape index (κ2) is 6.32. The van der Waals surface area contributed by atoms with Gasteiger partial charge in [0.15, 0.2) is 6.61 Å². The van der Waals surface area contributed by atoms with Crippen LogP contribution in [0.15, 0.2) is 0 Å². The minimum atomic E-state index is -3.19. The molecular formula is C14H21N3O6S. The number of hydrogen-bond donors (Lipinski definition) is 0. The molecule has 24 heavy (non-hydrogen) atoms. The van der Waals surface area contributed by atoms with Gasteiger partial charge >= 0.3 is 6.09 Å². The first-order valence-electron chi connectivity index (χ1n) is 7.96. The molecule has 0 spiro atoms. The molecule has 0 unspecified atom stereocenters. The summed E-state index contributed by atoms with van der Waals surface area (Å²) in [5.74, 6) is -0.366. The number of ether oxygens (including phenoxy) is 1. The van der Waals surface area contributed by atoms with Gasteiger partial charge in [0.05, 0.1) is 6.26 Å². The highest BCUT2D eigenvalue weighted by Gasteiger charge is 2.40. The van der Waals surface area contributed by atoms with Crippen LogP contribution in [0.5, 0.6) is 0 Å². The average Bonchev–Trinajstić information content (AvgIpc) is 2.80. The molecule has 0 saturated carbocycles. The van der Waals surface area contributed by atoms with Gasteiger partial charge in [-0.25, -0.2) is 22.4 Å².